The van der Waals surface area contributed by atoms with Crippen LogP contribution in [-0.4, -0.2) is 36.3 Å². The predicted molar refractivity (Wildman–Crippen MR) is 98.3 cm³/mol. The van der Waals surface area contributed by atoms with Gasteiger partial charge in [0.15, 0.2) is 0 Å². The minimum absolute atomic E-state index is 0.116. The van der Waals surface area contributed by atoms with Crippen LogP contribution in [-0.2, 0) is 15.7 Å². The number of halogens is 4. The second-order valence-electron chi connectivity index (χ2n) is 6.57. The van der Waals surface area contributed by atoms with Crippen LogP contribution in [0.15, 0.2) is 35.2 Å². The molecule has 0 amide bonds. The van der Waals surface area contributed by atoms with Gasteiger partial charge < -0.3 is 9.64 Å². The molecule has 0 N–H and O–H groups in total. The summed E-state index contributed by atoms with van der Waals surface area (Å²) in [6, 6.07) is 7.52. The maximum Gasteiger partial charge on any atom is 0.417 e. The van der Waals surface area contributed by atoms with E-state index in [0.717, 1.165) is 18.9 Å². The number of ether oxygens (including phenoxy) is 1. The summed E-state index contributed by atoms with van der Waals surface area (Å²) in [5.41, 5.74) is 0.0702. The summed E-state index contributed by atoms with van der Waals surface area (Å²) in [7, 11) is 0. The molecule has 1 aromatic heterocycles. The number of thioether (sulfide) groups is 1. The van der Waals surface area contributed by atoms with Crippen molar-refractivity contribution in [2.45, 2.75) is 28.7 Å². The van der Waals surface area contributed by atoms with E-state index in [9.17, 15) is 13.2 Å². The van der Waals surface area contributed by atoms with Crippen molar-refractivity contribution in [1.29, 1.82) is 0 Å². The highest BCUT2D eigenvalue weighted by molar-refractivity contribution is 8.00. The van der Waals surface area contributed by atoms with E-state index in [2.05, 4.69) is 14.9 Å². The van der Waals surface area contributed by atoms with Crippen molar-refractivity contribution < 1.29 is 17.9 Å². The smallest absolute Gasteiger partial charge is 0.378 e. The number of anilines is 1. The summed E-state index contributed by atoms with van der Waals surface area (Å²) in [5.74, 6) is 0.698. The number of nitrogens with zero attached hydrogens (tertiary/aromatic N) is 3. The van der Waals surface area contributed by atoms with Crippen molar-refractivity contribution >= 4 is 29.2 Å². The number of morpholine rings is 1. The number of benzene rings is 1. The van der Waals surface area contributed by atoms with Gasteiger partial charge in [-0.15, -0.1) is 11.8 Å². The molecule has 0 spiro atoms. The highest BCUT2D eigenvalue weighted by Crippen LogP contribution is 2.60. The molecule has 1 aliphatic heterocycles. The van der Waals surface area contributed by atoms with Crippen molar-refractivity contribution in [3.05, 3.63) is 46.9 Å². The molecule has 0 radical (unpaired) electrons. The van der Waals surface area contributed by atoms with Crippen LogP contribution in [0.5, 0.6) is 0 Å². The van der Waals surface area contributed by atoms with Crippen LogP contribution in [0.1, 0.15) is 24.1 Å². The molecule has 4 nitrogen and oxygen atoms in total. The Balaban J connectivity index is 1.65. The number of aromatic nitrogens is 2. The normalized spacial score (nSPS) is 19.2. The van der Waals surface area contributed by atoms with Gasteiger partial charge in [-0.3, -0.25) is 0 Å². The Morgan fingerprint density at radius 3 is 2.48 bits per heavy atom. The van der Waals surface area contributed by atoms with Gasteiger partial charge in [0.25, 0.3) is 0 Å². The Hall–Kier alpha value is -1.51. The molecule has 1 saturated carbocycles. The molecule has 4 rings (SSSR count). The van der Waals surface area contributed by atoms with E-state index in [1.54, 1.807) is 6.07 Å². The third-order valence-corrected chi connectivity index (χ3v) is 6.44. The molecule has 27 heavy (non-hydrogen) atoms. The molecular weight excluding hydrogens is 399 g/mol. The Morgan fingerprint density at radius 1 is 1.11 bits per heavy atom. The maximum absolute atomic E-state index is 13.3. The van der Waals surface area contributed by atoms with Crippen LogP contribution in [0, 0.1) is 0 Å². The lowest BCUT2D eigenvalue weighted by molar-refractivity contribution is -0.139. The third-order valence-electron chi connectivity index (χ3n) is 4.69. The monoisotopic (exact) mass is 415 g/mol. The first-order valence-electron chi connectivity index (χ1n) is 8.60. The van der Waals surface area contributed by atoms with E-state index in [4.69, 9.17) is 16.3 Å². The maximum atomic E-state index is 13.3. The number of hydrogen-bond acceptors (Lipinski definition) is 5. The molecule has 1 saturated heterocycles. The van der Waals surface area contributed by atoms with Crippen LogP contribution < -0.4 is 4.90 Å². The lowest BCUT2D eigenvalue weighted by Crippen LogP contribution is -2.37. The minimum atomic E-state index is -4.39. The molecular formula is C18H17ClF3N3OS. The van der Waals surface area contributed by atoms with E-state index in [1.165, 1.54) is 23.9 Å². The molecule has 0 unspecified atom stereocenters. The van der Waals surface area contributed by atoms with Crippen LogP contribution >= 0.6 is 23.4 Å². The van der Waals surface area contributed by atoms with Gasteiger partial charge in [-0.05, 0) is 36.6 Å². The second-order valence-corrected chi connectivity index (χ2v) is 8.33. The zero-order chi connectivity index (χ0) is 19.1. The summed E-state index contributed by atoms with van der Waals surface area (Å²) in [6.07, 6.45) is -2.89. The van der Waals surface area contributed by atoms with Gasteiger partial charge in [-0.1, -0.05) is 12.1 Å². The van der Waals surface area contributed by atoms with Crippen LogP contribution in [0.2, 0.25) is 5.28 Å². The molecule has 2 aliphatic rings. The fourth-order valence-corrected chi connectivity index (χ4v) is 4.67. The zero-order valence-corrected chi connectivity index (χ0v) is 15.9. The highest BCUT2D eigenvalue weighted by Gasteiger charge is 2.49. The van der Waals surface area contributed by atoms with Gasteiger partial charge in [0.05, 0.1) is 29.2 Å². The van der Waals surface area contributed by atoms with Crippen LogP contribution in [0.4, 0.5) is 19.0 Å². The largest absolute Gasteiger partial charge is 0.417 e. The number of hydrogen-bond donors (Lipinski definition) is 0. The topological polar surface area (TPSA) is 38.2 Å². The lowest BCUT2D eigenvalue weighted by atomic mass is 10.2. The SMILES string of the molecule is FC(F)(F)c1ccccc1SC1(c2cc(N3CCOCC3)nc(Cl)n2)CC1. The summed E-state index contributed by atoms with van der Waals surface area (Å²) in [4.78, 5) is 10.9. The summed E-state index contributed by atoms with van der Waals surface area (Å²) in [5, 5.41) is 0.116. The van der Waals surface area contributed by atoms with Gasteiger partial charge in [-0.25, -0.2) is 9.97 Å². The van der Waals surface area contributed by atoms with Crippen molar-refractivity contribution in [1.82, 2.24) is 9.97 Å². The summed E-state index contributed by atoms with van der Waals surface area (Å²) in [6.45, 7) is 2.61. The first kappa shape index (κ1) is 18.8. The Kier molecular flexibility index (Phi) is 4.98. The fourth-order valence-electron chi connectivity index (χ4n) is 3.12. The lowest BCUT2D eigenvalue weighted by Gasteiger charge is -2.28. The molecule has 2 aromatic rings. The van der Waals surface area contributed by atoms with E-state index in [0.29, 0.717) is 37.8 Å². The van der Waals surface area contributed by atoms with E-state index in [1.807, 2.05) is 6.07 Å². The minimum Gasteiger partial charge on any atom is -0.378 e. The predicted octanol–water partition coefficient (Wildman–Crippen LogP) is 4.77. The van der Waals surface area contributed by atoms with Gasteiger partial charge in [0.2, 0.25) is 5.28 Å². The van der Waals surface area contributed by atoms with E-state index < -0.39 is 16.5 Å². The molecule has 1 aromatic carbocycles. The molecule has 144 valence electrons. The van der Waals surface area contributed by atoms with Gasteiger partial charge in [-0.2, -0.15) is 13.2 Å². The van der Waals surface area contributed by atoms with Crippen molar-refractivity contribution in [2.24, 2.45) is 0 Å². The highest BCUT2D eigenvalue weighted by atomic mass is 35.5. The zero-order valence-electron chi connectivity index (χ0n) is 14.3. The molecule has 2 fully saturated rings. The third kappa shape index (κ3) is 4.02. The first-order chi connectivity index (χ1) is 12.9. The van der Waals surface area contributed by atoms with Crippen LogP contribution in [0.3, 0.4) is 0 Å². The van der Waals surface area contributed by atoms with Crippen molar-refractivity contribution in [3.8, 4) is 0 Å². The molecule has 9 heteroatoms. The quantitative estimate of drug-likeness (QED) is 0.673. The fraction of sp³-hybridized carbons (Fsp3) is 0.444. The number of rotatable bonds is 4. The average Bonchev–Trinajstić information content (AvgIpc) is 3.42. The Bertz CT molecular complexity index is 839. The molecule has 0 bridgehead atoms. The van der Waals surface area contributed by atoms with Gasteiger partial charge in [0.1, 0.15) is 5.82 Å². The number of alkyl halides is 3. The van der Waals surface area contributed by atoms with Gasteiger partial charge >= 0.3 is 6.18 Å². The van der Waals surface area contributed by atoms with E-state index >= 15 is 0 Å². The van der Waals surface area contributed by atoms with Crippen LogP contribution in [0.25, 0.3) is 0 Å². The average molecular weight is 416 g/mol. The summed E-state index contributed by atoms with van der Waals surface area (Å²) < 4.78 is 44.9. The second kappa shape index (κ2) is 7.14. The van der Waals surface area contributed by atoms with Crippen molar-refractivity contribution in [3.63, 3.8) is 0 Å². The van der Waals surface area contributed by atoms with Gasteiger partial charge in [0, 0.05) is 24.1 Å². The van der Waals surface area contributed by atoms with Crippen molar-refractivity contribution in [2.75, 3.05) is 31.2 Å². The van der Waals surface area contributed by atoms with E-state index in [-0.39, 0.29) is 10.2 Å². The summed E-state index contributed by atoms with van der Waals surface area (Å²) >= 11 is 7.36. The molecule has 1 aliphatic carbocycles. The Labute approximate surface area is 164 Å². The first-order valence-corrected chi connectivity index (χ1v) is 9.80. The Morgan fingerprint density at radius 2 is 1.81 bits per heavy atom. The standard InChI is InChI=1S/C18H17ClF3N3OS/c19-16-23-14(11-15(24-16)25-7-9-26-10-8-25)17(5-6-17)27-13-4-2-1-3-12(13)18(20,21)22/h1-4,11H,5-10H2. The molecule has 0 atom stereocenters. The molecule has 2 heterocycles.